The molecule has 0 aliphatic heterocycles. The van der Waals surface area contributed by atoms with E-state index >= 15 is 0 Å². The third kappa shape index (κ3) is 5.65. The summed E-state index contributed by atoms with van der Waals surface area (Å²) in [6.45, 7) is 0. The Morgan fingerprint density at radius 2 is 1.94 bits per heavy atom. The van der Waals surface area contributed by atoms with Gasteiger partial charge in [-0.2, -0.15) is 0 Å². The maximum atomic E-state index is 13.1. The highest BCUT2D eigenvalue weighted by Gasteiger charge is 2.18. The molecule has 0 aromatic heterocycles. The minimum Gasteiger partial charge on any atom is -0.453 e. The number of rotatable bonds is 5. The van der Waals surface area contributed by atoms with Crippen LogP contribution in [0.25, 0.3) is 0 Å². The quantitative estimate of drug-likeness (QED) is 0.438. The number of amides is 1. The van der Waals surface area contributed by atoms with E-state index in [1.165, 1.54) is 7.11 Å². The van der Waals surface area contributed by atoms with Crippen LogP contribution < -0.4 is 10.6 Å². The summed E-state index contributed by atoms with van der Waals surface area (Å²) in [4.78, 5) is 24.5. The van der Waals surface area contributed by atoms with Crippen LogP contribution in [0.4, 0.5) is 10.5 Å². The van der Waals surface area contributed by atoms with Gasteiger partial charge in [0.15, 0.2) is 10.9 Å². The number of hydrogen-bond acceptors (Lipinski definition) is 5. The average Bonchev–Trinajstić information content (AvgIpc) is 2.77. The Morgan fingerprint density at radius 3 is 2.65 bits per heavy atom. The monoisotopic (exact) mass is 453 g/mol. The Labute approximate surface area is 190 Å². The highest BCUT2D eigenvalue weighted by Crippen LogP contribution is 2.27. The standard InChI is InChI=1S/C23H20ClN3O3S/c1-30-23(29)27-22(31)26-17-10-11-18(21(28)14-6-3-2-4-7-14)16(13-17)12-15-8-5-9-19(25)20(15)24/h2-8,10-11,13,25H,9,12H2,1H3,(H2,26,27,29,31). The molecule has 158 valence electrons. The van der Waals surface area contributed by atoms with Crippen LogP contribution in [0.15, 0.2) is 71.3 Å². The first kappa shape index (κ1) is 22.4. The molecule has 0 radical (unpaired) electrons. The van der Waals surface area contributed by atoms with E-state index in [-0.39, 0.29) is 10.9 Å². The predicted octanol–water partition coefficient (Wildman–Crippen LogP) is 4.99. The fourth-order valence-corrected chi connectivity index (χ4v) is 3.52. The maximum Gasteiger partial charge on any atom is 0.413 e. The zero-order valence-corrected chi connectivity index (χ0v) is 18.3. The van der Waals surface area contributed by atoms with Crippen LogP contribution in [-0.4, -0.2) is 29.8 Å². The Kier molecular flexibility index (Phi) is 7.33. The van der Waals surface area contributed by atoms with Gasteiger partial charge in [0.25, 0.3) is 0 Å². The third-order valence-electron chi connectivity index (χ3n) is 4.61. The van der Waals surface area contributed by atoms with Crippen molar-refractivity contribution in [3.8, 4) is 0 Å². The van der Waals surface area contributed by atoms with Crippen molar-refractivity contribution in [1.29, 1.82) is 5.41 Å². The molecule has 2 aromatic carbocycles. The molecule has 1 amide bonds. The average molecular weight is 454 g/mol. The van der Waals surface area contributed by atoms with Crippen molar-refractivity contribution in [1.82, 2.24) is 5.32 Å². The lowest BCUT2D eigenvalue weighted by Gasteiger charge is -2.16. The number of ketones is 1. The number of carbonyl (C=O) groups excluding carboxylic acids is 2. The van der Waals surface area contributed by atoms with Crippen LogP contribution in [0.3, 0.4) is 0 Å². The Balaban J connectivity index is 1.96. The fraction of sp³-hybridized carbons (Fsp3) is 0.130. The number of carbonyl (C=O) groups is 2. The molecule has 8 heteroatoms. The van der Waals surface area contributed by atoms with Crippen molar-refractivity contribution in [3.63, 3.8) is 0 Å². The molecule has 0 saturated carbocycles. The molecule has 1 aliphatic carbocycles. The van der Waals surface area contributed by atoms with Gasteiger partial charge in [-0.15, -0.1) is 0 Å². The first-order chi connectivity index (χ1) is 14.9. The minimum atomic E-state index is -0.684. The van der Waals surface area contributed by atoms with Crippen molar-refractivity contribution in [3.05, 3.63) is 88.0 Å². The molecule has 2 aromatic rings. The summed E-state index contributed by atoms with van der Waals surface area (Å²) in [6, 6.07) is 14.2. The van der Waals surface area contributed by atoms with E-state index in [0.717, 1.165) is 5.57 Å². The molecular formula is C23H20ClN3O3S. The van der Waals surface area contributed by atoms with Gasteiger partial charge in [0.2, 0.25) is 0 Å². The molecule has 0 saturated heterocycles. The topological polar surface area (TPSA) is 91.3 Å². The molecule has 0 spiro atoms. The van der Waals surface area contributed by atoms with Gasteiger partial charge in [0, 0.05) is 23.2 Å². The molecule has 0 fully saturated rings. The summed E-state index contributed by atoms with van der Waals surface area (Å²) in [5, 5.41) is 13.7. The summed E-state index contributed by atoms with van der Waals surface area (Å²) < 4.78 is 4.53. The molecule has 6 nitrogen and oxygen atoms in total. The molecular weight excluding hydrogens is 434 g/mol. The van der Waals surface area contributed by atoms with Crippen LogP contribution in [0, 0.1) is 5.41 Å². The lowest BCUT2D eigenvalue weighted by Crippen LogP contribution is -2.33. The van der Waals surface area contributed by atoms with E-state index in [0.29, 0.717) is 46.0 Å². The number of halogens is 1. The Bertz CT molecular complexity index is 1110. The number of ether oxygens (including phenoxy) is 1. The van der Waals surface area contributed by atoms with Gasteiger partial charge in [0.05, 0.1) is 17.9 Å². The molecule has 1 aliphatic rings. The van der Waals surface area contributed by atoms with Crippen molar-refractivity contribution < 1.29 is 14.3 Å². The summed E-state index contributed by atoms with van der Waals surface area (Å²) in [5.41, 5.74) is 3.49. The van der Waals surface area contributed by atoms with Crippen LogP contribution in [0.5, 0.6) is 0 Å². The van der Waals surface area contributed by atoms with Crippen LogP contribution in [0.2, 0.25) is 0 Å². The summed E-state index contributed by atoms with van der Waals surface area (Å²) in [6.07, 6.45) is 3.91. The van der Waals surface area contributed by atoms with E-state index in [1.807, 2.05) is 30.4 Å². The number of nitrogens with one attached hydrogen (secondary N) is 3. The number of benzene rings is 2. The zero-order chi connectivity index (χ0) is 22.4. The largest absolute Gasteiger partial charge is 0.453 e. The molecule has 0 atom stereocenters. The highest BCUT2D eigenvalue weighted by atomic mass is 35.5. The van der Waals surface area contributed by atoms with Gasteiger partial charge >= 0.3 is 6.09 Å². The molecule has 0 heterocycles. The lowest BCUT2D eigenvalue weighted by molar-refractivity contribution is 0.103. The number of thiocarbonyl (C=S) groups is 1. The zero-order valence-electron chi connectivity index (χ0n) is 16.7. The van der Waals surface area contributed by atoms with E-state index in [4.69, 9.17) is 29.2 Å². The number of anilines is 1. The van der Waals surface area contributed by atoms with E-state index in [1.54, 1.807) is 30.3 Å². The maximum absolute atomic E-state index is 13.1. The van der Waals surface area contributed by atoms with E-state index in [2.05, 4.69) is 15.4 Å². The van der Waals surface area contributed by atoms with Crippen molar-refractivity contribution in [2.24, 2.45) is 0 Å². The normalized spacial score (nSPS) is 13.0. The second-order valence-corrected chi connectivity index (χ2v) is 7.53. The van der Waals surface area contributed by atoms with Crippen molar-refractivity contribution in [2.45, 2.75) is 12.8 Å². The lowest BCUT2D eigenvalue weighted by atomic mass is 9.91. The minimum absolute atomic E-state index is 0.0662. The Morgan fingerprint density at radius 1 is 1.19 bits per heavy atom. The number of allylic oxidation sites excluding steroid dienone is 4. The van der Waals surface area contributed by atoms with Crippen LogP contribution >= 0.6 is 23.8 Å². The Hall–Kier alpha value is -3.29. The summed E-state index contributed by atoms with van der Waals surface area (Å²) in [5.74, 6) is -0.121. The number of hydrogen-bond donors (Lipinski definition) is 3. The van der Waals surface area contributed by atoms with Gasteiger partial charge in [0.1, 0.15) is 0 Å². The SMILES string of the molecule is COC(=O)NC(=S)Nc1ccc(C(=O)c2ccccc2)c(CC2=C(Cl)C(=N)CC=C2)c1. The molecule has 31 heavy (non-hydrogen) atoms. The van der Waals surface area contributed by atoms with Crippen molar-refractivity contribution in [2.75, 3.05) is 12.4 Å². The number of alkyl carbamates (subject to hydrolysis) is 1. The molecule has 3 rings (SSSR count). The van der Waals surface area contributed by atoms with E-state index in [9.17, 15) is 9.59 Å². The summed E-state index contributed by atoms with van der Waals surface area (Å²) >= 11 is 11.5. The first-order valence-electron chi connectivity index (χ1n) is 9.40. The van der Waals surface area contributed by atoms with Gasteiger partial charge in [-0.25, -0.2) is 4.79 Å². The molecule has 0 bridgehead atoms. The second kappa shape index (κ2) is 10.1. The van der Waals surface area contributed by atoms with Gasteiger partial charge in [-0.3, -0.25) is 10.1 Å². The van der Waals surface area contributed by atoms with E-state index < -0.39 is 6.09 Å². The first-order valence-corrected chi connectivity index (χ1v) is 10.2. The van der Waals surface area contributed by atoms with Gasteiger partial charge in [-0.1, -0.05) is 54.1 Å². The second-order valence-electron chi connectivity index (χ2n) is 6.74. The van der Waals surface area contributed by atoms with Crippen LogP contribution in [-0.2, 0) is 11.2 Å². The molecule has 0 unspecified atom stereocenters. The van der Waals surface area contributed by atoms with Gasteiger partial charge < -0.3 is 15.5 Å². The fourth-order valence-electron chi connectivity index (χ4n) is 3.11. The predicted molar refractivity (Wildman–Crippen MR) is 126 cm³/mol. The smallest absolute Gasteiger partial charge is 0.413 e. The van der Waals surface area contributed by atoms with Gasteiger partial charge in [-0.05, 0) is 48.0 Å². The van der Waals surface area contributed by atoms with Crippen molar-refractivity contribution >= 4 is 52.2 Å². The van der Waals surface area contributed by atoms with Crippen LogP contribution in [0.1, 0.15) is 27.9 Å². The highest BCUT2D eigenvalue weighted by molar-refractivity contribution is 7.80. The molecule has 3 N–H and O–H groups in total. The third-order valence-corrected chi connectivity index (χ3v) is 5.29. The number of methoxy groups -OCH3 is 1. The summed E-state index contributed by atoms with van der Waals surface area (Å²) in [7, 11) is 1.24.